The summed E-state index contributed by atoms with van der Waals surface area (Å²) in [6.07, 6.45) is 1.72. The van der Waals surface area contributed by atoms with E-state index < -0.39 is 29.7 Å². The molecule has 0 heterocycles. The number of rotatable bonds is 12. The van der Waals surface area contributed by atoms with Gasteiger partial charge >= 0.3 is 6.09 Å². The van der Waals surface area contributed by atoms with Crippen LogP contribution in [0.25, 0.3) is 0 Å². The highest BCUT2D eigenvalue weighted by atomic mass is 16.6. The van der Waals surface area contributed by atoms with Gasteiger partial charge in [0.25, 0.3) is 0 Å². The molecule has 0 fully saturated rings. The molecule has 0 spiro atoms. The SMILES string of the molecule is CCCC(C)NC(=O)C(c1cccc(C)c1O)N(CCC)C(=O)C(Cc1ccccc1)NC(=O)OC(C)(C)C. The Morgan fingerprint density at radius 3 is 2.23 bits per heavy atom. The van der Waals surface area contributed by atoms with Crippen LogP contribution in [0.5, 0.6) is 5.75 Å². The Balaban J connectivity index is 2.56. The van der Waals surface area contributed by atoms with Crippen molar-refractivity contribution in [1.29, 1.82) is 0 Å². The van der Waals surface area contributed by atoms with Crippen LogP contribution in [0.15, 0.2) is 48.5 Å². The molecule has 0 aliphatic carbocycles. The third kappa shape index (κ3) is 9.61. The van der Waals surface area contributed by atoms with Crippen LogP contribution in [0, 0.1) is 6.92 Å². The zero-order chi connectivity index (χ0) is 29.2. The van der Waals surface area contributed by atoms with Gasteiger partial charge in [-0.15, -0.1) is 0 Å². The standard InChI is InChI=1S/C31H45N3O5/c1-8-14-22(4)32-28(36)26(24-18-13-15-21(3)27(24)35)34(19-9-2)29(37)25(20-23-16-11-10-12-17-23)33-30(38)39-31(5,6)7/h10-13,15-18,22,25-26,35H,8-9,14,19-20H2,1-7H3,(H,32,36)(H,33,38). The van der Waals surface area contributed by atoms with E-state index >= 15 is 0 Å². The fraction of sp³-hybridized carbons (Fsp3) is 0.516. The first-order valence-electron chi connectivity index (χ1n) is 13.8. The van der Waals surface area contributed by atoms with Crippen molar-refractivity contribution in [2.75, 3.05) is 6.54 Å². The van der Waals surface area contributed by atoms with Crippen molar-refractivity contribution in [3.63, 3.8) is 0 Å². The lowest BCUT2D eigenvalue weighted by atomic mass is 9.97. The van der Waals surface area contributed by atoms with Crippen molar-refractivity contribution in [1.82, 2.24) is 15.5 Å². The molecule has 2 aromatic rings. The van der Waals surface area contributed by atoms with Gasteiger partial charge in [0.2, 0.25) is 11.8 Å². The van der Waals surface area contributed by atoms with Crippen LogP contribution in [0.1, 0.15) is 83.5 Å². The average molecular weight is 540 g/mol. The maximum atomic E-state index is 14.3. The summed E-state index contributed by atoms with van der Waals surface area (Å²) in [7, 11) is 0. The van der Waals surface area contributed by atoms with E-state index in [4.69, 9.17) is 4.74 Å². The van der Waals surface area contributed by atoms with E-state index in [1.54, 1.807) is 45.9 Å². The van der Waals surface area contributed by atoms with Crippen LogP contribution < -0.4 is 10.6 Å². The minimum absolute atomic E-state index is 0.0330. The summed E-state index contributed by atoms with van der Waals surface area (Å²) in [5.74, 6) is -0.848. The van der Waals surface area contributed by atoms with E-state index in [-0.39, 0.29) is 30.7 Å². The summed E-state index contributed by atoms with van der Waals surface area (Å²) in [4.78, 5) is 42.3. The quantitative estimate of drug-likeness (QED) is 0.334. The first kappa shape index (κ1) is 31.7. The lowest BCUT2D eigenvalue weighted by molar-refractivity contribution is -0.142. The van der Waals surface area contributed by atoms with Crippen LogP contribution in [0.2, 0.25) is 0 Å². The number of nitrogens with one attached hydrogen (secondary N) is 2. The number of para-hydroxylation sites is 1. The molecular weight excluding hydrogens is 494 g/mol. The van der Waals surface area contributed by atoms with Gasteiger partial charge < -0.3 is 25.4 Å². The number of nitrogens with zero attached hydrogens (tertiary/aromatic N) is 1. The Hall–Kier alpha value is -3.55. The smallest absolute Gasteiger partial charge is 0.408 e. The molecule has 0 bridgehead atoms. The van der Waals surface area contributed by atoms with Crippen molar-refractivity contribution in [3.8, 4) is 5.75 Å². The number of alkyl carbamates (subject to hydrolysis) is 1. The normalized spacial score (nSPS) is 13.6. The van der Waals surface area contributed by atoms with Gasteiger partial charge in [0, 0.05) is 24.6 Å². The predicted molar refractivity (Wildman–Crippen MR) is 153 cm³/mol. The fourth-order valence-electron chi connectivity index (χ4n) is 4.49. The van der Waals surface area contributed by atoms with Gasteiger partial charge in [-0.25, -0.2) is 4.79 Å². The van der Waals surface area contributed by atoms with Crippen LogP contribution in [0.4, 0.5) is 4.79 Å². The minimum Gasteiger partial charge on any atom is -0.507 e. The molecule has 0 saturated carbocycles. The van der Waals surface area contributed by atoms with Crippen LogP contribution in [0.3, 0.4) is 0 Å². The maximum Gasteiger partial charge on any atom is 0.408 e. The van der Waals surface area contributed by atoms with Gasteiger partial charge in [0.15, 0.2) is 0 Å². The number of ether oxygens (including phenoxy) is 1. The molecule has 0 aliphatic heterocycles. The Morgan fingerprint density at radius 1 is 0.974 bits per heavy atom. The molecule has 3 amide bonds. The first-order chi connectivity index (χ1) is 18.4. The Bertz CT molecular complexity index is 1100. The first-order valence-corrected chi connectivity index (χ1v) is 13.8. The number of aromatic hydroxyl groups is 1. The highest BCUT2D eigenvalue weighted by Crippen LogP contribution is 2.32. The molecular formula is C31H45N3O5. The molecule has 3 N–H and O–H groups in total. The molecule has 3 atom stereocenters. The lowest BCUT2D eigenvalue weighted by Crippen LogP contribution is -2.54. The predicted octanol–water partition coefficient (Wildman–Crippen LogP) is 5.42. The molecule has 2 rings (SSSR count). The number of hydrogen-bond acceptors (Lipinski definition) is 5. The molecule has 0 aliphatic rings. The number of phenols is 1. The Kier molecular flexibility index (Phi) is 11.8. The van der Waals surface area contributed by atoms with Crippen molar-refractivity contribution in [2.24, 2.45) is 0 Å². The van der Waals surface area contributed by atoms with Crippen LogP contribution >= 0.6 is 0 Å². The summed E-state index contributed by atoms with van der Waals surface area (Å²) in [5.41, 5.74) is 1.04. The summed E-state index contributed by atoms with van der Waals surface area (Å²) >= 11 is 0. The molecule has 0 aromatic heterocycles. The molecule has 8 nitrogen and oxygen atoms in total. The topological polar surface area (TPSA) is 108 Å². The minimum atomic E-state index is -1.09. The third-order valence-corrected chi connectivity index (χ3v) is 6.25. The van der Waals surface area contributed by atoms with Gasteiger partial charge in [-0.2, -0.15) is 0 Å². The number of amides is 3. The van der Waals surface area contributed by atoms with E-state index in [1.165, 1.54) is 4.90 Å². The van der Waals surface area contributed by atoms with E-state index in [0.717, 1.165) is 18.4 Å². The largest absolute Gasteiger partial charge is 0.507 e. The molecule has 3 unspecified atom stereocenters. The highest BCUT2D eigenvalue weighted by Gasteiger charge is 2.37. The van der Waals surface area contributed by atoms with Gasteiger partial charge in [0.1, 0.15) is 23.4 Å². The highest BCUT2D eigenvalue weighted by molar-refractivity contribution is 5.93. The number of carbonyl (C=O) groups excluding carboxylic acids is 3. The molecule has 39 heavy (non-hydrogen) atoms. The second-order valence-electron chi connectivity index (χ2n) is 11.0. The van der Waals surface area contributed by atoms with Crippen molar-refractivity contribution in [3.05, 3.63) is 65.2 Å². The summed E-state index contributed by atoms with van der Waals surface area (Å²) in [6.45, 7) is 13.1. The number of hydrogen-bond donors (Lipinski definition) is 3. The third-order valence-electron chi connectivity index (χ3n) is 6.25. The van der Waals surface area contributed by atoms with Gasteiger partial charge in [-0.05, 0) is 58.6 Å². The second-order valence-corrected chi connectivity index (χ2v) is 11.0. The number of carbonyl (C=O) groups is 3. The van der Waals surface area contributed by atoms with Gasteiger partial charge in [0.05, 0.1) is 0 Å². The molecule has 0 saturated heterocycles. The number of aryl methyl sites for hydroxylation is 1. The molecule has 2 aromatic carbocycles. The zero-order valence-corrected chi connectivity index (χ0v) is 24.4. The Labute approximate surface area is 233 Å². The van der Waals surface area contributed by atoms with Gasteiger partial charge in [-0.1, -0.05) is 68.8 Å². The zero-order valence-electron chi connectivity index (χ0n) is 24.4. The van der Waals surface area contributed by atoms with Crippen molar-refractivity contribution < 1.29 is 24.2 Å². The van der Waals surface area contributed by atoms with Crippen molar-refractivity contribution in [2.45, 2.75) is 97.9 Å². The van der Waals surface area contributed by atoms with Crippen LogP contribution in [-0.2, 0) is 20.7 Å². The summed E-state index contributed by atoms with van der Waals surface area (Å²) in [5, 5.41) is 16.8. The number of benzene rings is 2. The van der Waals surface area contributed by atoms with E-state index in [0.29, 0.717) is 17.5 Å². The molecule has 8 heteroatoms. The number of phenolic OH excluding ortho intramolecular Hbond substituents is 1. The van der Waals surface area contributed by atoms with Crippen LogP contribution in [-0.4, -0.2) is 52.1 Å². The molecule has 214 valence electrons. The van der Waals surface area contributed by atoms with E-state index in [9.17, 15) is 19.5 Å². The van der Waals surface area contributed by atoms with Crippen molar-refractivity contribution >= 4 is 17.9 Å². The van der Waals surface area contributed by atoms with E-state index in [1.807, 2.05) is 51.1 Å². The van der Waals surface area contributed by atoms with Gasteiger partial charge in [-0.3, -0.25) is 9.59 Å². The average Bonchev–Trinajstić information content (AvgIpc) is 2.85. The summed E-state index contributed by atoms with van der Waals surface area (Å²) in [6, 6.07) is 12.3. The summed E-state index contributed by atoms with van der Waals surface area (Å²) < 4.78 is 5.46. The molecule has 0 radical (unpaired) electrons. The van der Waals surface area contributed by atoms with E-state index in [2.05, 4.69) is 10.6 Å². The fourth-order valence-corrected chi connectivity index (χ4v) is 4.49. The maximum absolute atomic E-state index is 14.3. The Morgan fingerprint density at radius 2 is 1.64 bits per heavy atom. The monoisotopic (exact) mass is 539 g/mol. The lowest BCUT2D eigenvalue weighted by Gasteiger charge is -2.35. The second kappa shape index (κ2) is 14.6.